The quantitative estimate of drug-likeness (QED) is 0.537. The SMILES string of the molecule is CCOc1cc(CN2CCN(CC(=O)N(C)C)CC2)cc(Br)c1OCc1ccccc1. The van der Waals surface area contributed by atoms with Crippen LogP contribution in [0, 0.1) is 0 Å². The topological polar surface area (TPSA) is 45.2 Å². The molecule has 1 fully saturated rings. The van der Waals surface area contributed by atoms with Crippen molar-refractivity contribution in [2.45, 2.75) is 20.1 Å². The van der Waals surface area contributed by atoms with E-state index in [1.54, 1.807) is 19.0 Å². The summed E-state index contributed by atoms with van der Waals surface area (Å²) in [6.45, 7) is 8.07. The Kier molecular flexibility index (Phi) is 8.75. The fourth-order valence-electron chi connectivity index (χ4n) is 3.54. The molecule has 1 aliphatic heterocycles. The minimum Gasteiger partial charge on any atom is -0.490 e. The Morgan fingerprint density at radius 1 is 1.00 bits per heavy atom. The van der Waals surface area contributed by atoms with Gasteiger partial charge < -0.3 is 14.4 Å². The first kappa shape index (κ1) is 23.6. The average Bonchev–Trinajstić information content (AvgIpc) is 2.75. The van der Waals surface area contributed by atoms with Crippen molar-refractivity contribution in [2.24, 2.45) is 0 Å². The van der Waals surface area contributed by atoms with Gasteiger partial charge in [-0.05, 0) is 46.1 Å². The Labute approximate surface area is 193 Å². The first-order valence-electron chi connectivity index (χ1n) is 10.7. The highest BCUT2D eigenvalue weighted by molar-refractivity contribution is 9.10. The number of hydrogen-bond donors (Lipinski definition) is 0. The van der Waals surface area contributed by atoms with Gasteiger partial charge in [-0.15, -0.1) is 0 Å². The van der Waals surface area contributed by atoms with Gasteiger partial charge in [-0.2, -0.15) is 0 Å². The van der Waals surface area contributed by atoms with E-state index in [0.717, 1.165) is 54.3 Å². The number of hydrogen-bond acceptors (Lipinski definition) is 5. The third-order valence-corrected chi connectivity index (χ3v) is 5.91. The summed E-state index contributed by atoms with van der Waals surface area (Å²) in [4.78, 5) is 18.2. The number of benzene rings is 2. The largest absolute Gasteiger partial charge is 0.490 e. The molecule has 31 heavy (non-hydrogen) atoms. The zero-order chi connectivity index (χ0) is 22.2. The van der Waals surface area contributed by atoms with Gasteiger partial charge in [0.2, 0.25) is 5.91 Å². The minimum atomic E-state index is 0.157. The lowest BCUT2D eigenvalue weighted by molar-refractivity contribution is -0.130. The summed E-state index contributed by atoms with van der Waals surface area (Å²) in [5.41, 5.74) is 2.30. The Bertz CT molecular complexity index is 853. The summed E-state index contributed by atoms with van der Waals surface area (Å²) in [7, 11) is 3.61. The number of nitrogens with zero attached hydrogens (tertiary/aromatic N) is 3. The van der Waals surface area contributed by atoms with E-state index < -0.39 is 0 Å². The predicted octanol–water partition coefficient (Wildman–Crippen LogP) is 3.63. The lowest BCUT2D eigenvalue weighted by Crippen LogP contribution is -2.48. The van der Waals surface area contributed by atoms with E-state index in [1.807, 2.05) is 37.3 Å². The molecule has 3 rings (SSSR count). The monoisotopic (exact) mass is 489 g/mol. The number of ether oxygens (including phenoxy) is 2. The van der Waals surface area contributed by atoms with Gasteiger partial charge in [0.25, 0.3) is 0 Å². The van der Waals surface area contributed by atoms with Crippen molar-refractivity contribution in [3.63, 3.8) is 0 Å². The van der Waals surface area contributed by atoms with Crippen LogP contribution in [0.4, 0.5) is 0 Å². The smallest absolute Gasteiger partial charge is 0.236 e. The Balaban J connectivity index is 1.61. The van der Waals surface area contributed by atoms with E-state index >= 15 is 0 Å². The van der Waals surface area contributed by atoms with Crippen LogP contribution in [-0.4, -0.2) is 74.0 Å². The molecule has 0 radical (unpaired) electrons. The molecule has 0 N–H and O–H groups in total. The molecule has 0 atom stereocenters. The van der Waals surface area contributed by atoms with Gasteiger partial charge in [-0.25, -0.2) is 0 Å². The normalized spacial score (nSPS) is 15.0. The summed E-state index contributed by atoms with van der Waals surface area (Å²) in [6.07, 6.45) is 0. The highest BCUT2D eigenvalue weighted by Gasteiger charge is 2.21. The third-order valence-electron chi connectivity index (χ3n) is 5.32. The minimum absolute atomic E-state index is 0.157. The summed E-state index contributed by atoms with van der Waals surface area (Å²) in [5.74, 6) is 1.66. The molecular formula is C24H32BrN3O3. The van der Waals surface area contributed by atoms with Crippen molar-refractivity contribution in [1.82, 2.24) is 14.7 Å². The van der Waals surface area contributed by atoms with E-state index in [0.29, 0.717) is 19.8 Å². The number of piperazine rings is 1. The number of rotatable bonds is 9. The average molecular weight is 490 g/mol. The molecule has 168 valence electrons. The van der Waals surface area contributed by atoms with Crippen LogP contribution in [-0.2, 0) is 17.9 Å². The second kappa shape index (κ2) is 11.5. The molecule has 1 heterocycles. The van der Waals surface area contributed by atoms with E-state index in [2.05, 4.69) is 37.9 Å². The van der Waals surface area contributed by atoms with Crippen LogP contribution >= 0.6 is 15.9 Å². The first-order chi connectivity index (χ1) is 15.0. The molecule has 2 aromatic carbocycles. The lowest BCUT2D eigenvalue weighted by Gasteiger charge is -2.34. The van der Waals surface area contributed by atoms with Crippen LogP contribution in [0.15, 0.2) is 46.9 Å². The van der Waals surface area contributed by atoms with E-state index in [1.165, 1.54) is 5.56 Å². The van der Waals surface area contributed by atoms with Gasteiger partial charge in [-0.1, -0.05) is 30.3 Å². The molecule has 0 aromatic heterocycles. The van der Waals surface area contributed by atoms with E-state index in [4.69, 9.17) is 9.47 Å². The standard InChI is InChI=1S/C24H32BrN3O3/c1-4-30-22-15-20(14-21(25)24(22)31-18-19-8-6-5-7-9-19)16-27-10-12-28(13-11-27)17-23(29)26(2)3/h5-9,14-15H,4,10-13,16-18H2,1-3H3. The molecule has 1 saturated heterocycles. The van der Waals surface area contributed by atoms with Crippen molar-refractivity contribution in [2.75, 3.05) is 53.4 Å². The van der Waals surface area contributed by atoms with Gasteiger partial charge in [0.1, 0.15) is 6.61 Å². The molecule has 0 unspecified atom stereocenters. The van der Waals surface area contributed by atoms with Crippen LogP contribution in [0.5, 0.6) is 11.5 Å². The van der Waals surface area contributed by atoms with Crippen molar-refractivity contribution in [3.05, 3.63) is 58.1 Å². The fraction of sp³-hybridized carbons (Fsp3) is 0.458. The lowest BCUT2D eigenvalue weighted by atomic mass is 10.1. The molecular weight excluding hydrogens is 458 g/mol. The number of amides is 1. The summed E-state index contributed by atoms with van der Waals surface area (Å²) >= 11 is 3.68. The van der Waals surface area contributed by atoms with E-state index in [9.17, 15) is 4.79 Å². The maximum atomic E-state index is 11.9. The highest BCUT2D eigenvalue weighted by atomic mass is 79.9. The highest BCUT2D eigenvalue weighted by Crippen LogP contribution is 2.38. The summed E-state index contributed by atoms with van der Waals surface area (Å²) < 4.78 is 12.9. The van der Waals surface area contributed by atoms with Gasteiger partial charge in [0.15, 0.2) is 11.5 Å². The number of halogens is 1. The van der Waals surface area contributed by atoms with Crippen LogP contribution in [0.25, 0.3) is 0 Å². The molecule has 1 aliphatic rings. The van der Waals surface area contributed by atoms with Gasteiger partial charge in [0, 0.05) is 46.8 Å². The Morgan fingerprint density at radius 2 is 1.68 bits per heavy atom. The van der Waals surface area contributed by atoms with Gasteiger partial charge in [0.05, 0.1) is 17.6 Å². The Hall–Kier alpha value is -2.09. The van der Waals surface area contributed by atoms with Gasteiger partial charge in [-0.3, -0.25) is 14.6 Å². The zero-order valence-electron chi connectivity index (χ0n) is 18.6. The molecule has 2 aromatic rings. The third kappa shape index (κ3) is 6.95. The second-order valence-electron chi connectivity index (χ2n) is 7.95. The van der Waals surface area contributed by atoms with Crippen molar-refractivity contribution in [3.8, 4) is 11.5 Å². The van der Waals surface area contributed by atoms with Crippen molar-refractivity contribution < 1.29 is 14.3 Å². The summed E-state index contributed by atoms with van der Waals surface area (Å²) in [5, 5.41) is 0. The van der Waals surface area contributed by atoms with Crippen molar-refractivity contribution in [1.29, 1.82) is 0 Å². The summed E-state index contributed by atoms with van der Waals surface area (Å²) in [6, 6.07) is 14.3. The van der Waals surface area contributed by atoms with Crippen LogP contribution in [0.2, 0.25) is 0 Å². The maximum Gasteiger partial charge on any atom is 0.236 e. The molecule has 6 nitrogen and oxygen atoms in total. The maximum absolute atomic E-state index is 11.9. The van der Waals surface area contributed by atoms with Crippen LogP contribution < -0.4 is 9.47 Å². The number of carbonyl (C=O) groups excluding carboxylic acids is 1. The first-order valence-corrected chi connectivity index (χ1v) is 11.5. The number of carbonyl (C=O) groups is 1. The molecule has 0 bridgehead atoms. The molecule has 7 heteroatoms. The van der Waals surface area contributed by atoms with Gasteiger partial charge >= 0.3 is 0 Å². The molecule has 0 saturated carbocycles. The molecule has 1 amide bonds. The zero-order valence-corrected chi connectivity index (χ0v) is 20.2. The van der Waals surface area contributed by atoms with Crippen molar-refractivity contribution >= 4 is 21.8 Å². The van der Waals surface area contributed by atoms with Crippen LogP contribution in [0.1, 0.15) is 18.1 Å². The number of likely N-dealkylation sites (N-methyl/N-ethyl adjacent to an activating group) is 1. The van der Waals surface area contributed by atoms with Crippen LogP contribution in [0.3, 0.4) is 0 Å². The van der Waals surface area contributed by atoms with E-state index in [-0.39, 0.29) is 5.91 Å². The Morgan fingerprint density at radius 3 is 2.32 bits per heavy atom. The molecule has 0 aliphatic carbocycles. The molecule has 0 spiro atoms. The predicted molar refractivity (Wildman–Crippen MR) is 126 cm³/mol. The fourth-order valence-corrected chi connectivity index (χ4v) is 4.15. The second-order valence-corrected chi connectivity index (χ2v) is 8.81.